The van der Waals surface area contributed by atoms with E-state index in [9.17, 15) is 0 Å². The third-order valence-corrected chi connectivity index (χ3v) is 3.57. The van der Waals surface area contributed by atoms with Crippen molar-refractivity contribution in [3.8, 4) is 0 Å². The highest BCUT2D eigenvalue weighted by Gasteiger charge is 2.14. The van der Waals surface area contributed by atoms with E-state index in [2.05, 4.69) is 19.6 Å². The third-order valence-electron chi connectivity index (χ3n) is 1.48. The van der Waals surface area contributed by atoms with E-state index in [4.69, 9.17) is 0 Å². The van der Waals surface area contributed by atoms with E-state index in [1.165, 1.54) is 18.6 Å². The second-order valence-corrected chi connectivity index (χ2v) is 4.58. The van der Waals surface area contributed by atoms with Crippen LogP contribution in [-0.4, -0.2) is 16.3 Å². The molecule has 1 aliphatic rings. The van der Waals surface area contributed by atoms with Crippen molar-refractivity contribution in [1.82, 2.24) is 0 Å². The van der Waals surface area contributed by atoms with Crippen LogP contribution in [0.1, 0.15) is 19.8 Å². The molecule has 0 aromatic rings. The number of hydrogen-bond acceptors (Lipinski definition) is 2. The Kier molecular flexibility index (Phi) is 2.57. The van der Waals surface area contributed by atoms with Gasteiger partial charge in [0.2, 0.25) is 0 Å². The molecule has 0 nitrogen and oxygen atoms in total. The summed E-state index contributed by atoms with van der Waals surface area (Å²) in [5.74, 6) is 1.25. The van der Waals surface area contributed by atoms with Crippen LogP contribution in [0.25, 0.3) is 0 Å². The number of rotatable bonds is 0. The average Bonchev–Trinajstić information content (AvgIpc) is 1.77. The molecule has 1 fully saturated rings. The molecule has 1 heterocycles. The Morgan fingerprint density at radius 1 is 1.50 bits per heavy atom. The fourth-order valence-corrected chi connectivity index (χ4v) is 2.30. The number of hydrogen-bond donors (Lipinski definition) is 1. The lowest BCUT2D eigenvalue weighted by molar-refractivity contribution is 0.707. The van der Waals surface area contributed by atoms with Crippen molar-refractivity contribution >= 4 is 24.4 Å². The zero-order valence-corrected chi connectivity index (χ0v) is 6.84. The highest BCUT2D eigenvalue weighted by molar-refractivity contribution is 8.00. The summed E-state index contributed by atoms with van der Waals surface area (Å²) < 4.78 is 0. The van der Waals surface area contributed by atoms with E-state index in [-0.39, 0.29) is 0 Å². The summed E-state index contributed by atoms with van der Waals surface area (Å²) in [6.45, 7) is 2.30. The van der Waals surface area contributed by atoms with E-state index in [1.54, 1.807) is 0 Å². The average molecular weight is 148 g/mol. The number of thiol groups is 1. The SMILES string of the molecule is CC1CCC(S)CS1. The molecule has 1 aliphatic heterocycles. The van der Waals surface area contributed by atoms with Gasteiger partial charge in [-0.05, 0) is 12.8 Å². The van der Waals surface area contributed by atoms with Crippen LogP contribution in [0.5, 0.6) is 0 Å². The van der Waals surface area contributed by atoms with Crippen LogP contribution in [0.4, 0.5) is 0 Å². The van der Waals surface area contributed by atoms with Gasteiger partial charge in [-0.3, -0.25) is 0 Å². The summed E-state index contributed by atoms with van der Waals surface area (Å²) >= 11 is 6.43. The fraction of sp³-hybridized carbons (Fsp3) is 1.00. The molecule has 1 rings (SSSR count). The molecule has 0 bridgehead atoms. The molecule has 1 saturated heterocycles. The van der Waals surface area contributed by atoms with Crippen LogP contribution in [0.3, 0.4) is 0 Å². The van der Waals surface area contributed by atoms with Gasteiger partial charge in [0.15, 0.2) is 0 Å². The smallest absolute Gasteiger partial charge is 0.0108 e. The third kappa shape index (κ3) is 1.90. The predicted molar refractivity (Wildman–Crippen MR) is 43.9 cm³/mol. The molecule has 0 aromatic carbocycles. The molecule has 0 spiro atoms. The lowest BCUT2D eigenvalue weighted by Crippen LogP contribution is -2.14. The van der Waals surface area contributed by atoms with Crippen molar-refractivity contribution in [1.29, 1.82) is 0 Å². The molecule has 2 heteroatoms. The fourth-order valence-electron chi connectivity index (χ4n) is 0.869. The minimum absolute atomic E-state index is 0.677. The monoisotopic (exact) mass is 148 g/mol. The first-order valence-electron chi connectivity index (χ1n) is 3.08. The molecular weight excluding hydrogens is 136 g/mol. The van der Waals surface area contributed by atoms with Gasteiger partial charge in [0, 0.05) is 16.3 Å². The normalized spacial score (nSPS) is 39.8. The second-order valence-electron chi connectivity index (χ2n) is 2.38. The molecule has 2 atom stereocenters. The minimum Gasteiger partial charge on any atom is -0.175 e. The first-order valence-corrected chi connectivity index (χ1v) is 4.65. The quantitative estimate of drug-likeness (QED) is 0.514. The molecule has 0 amide bonds. The highest BCUT2D eigenvalue weighted by Crippen LogP contribution is 2.27. The highest BCUT2D eigenvalue weighted by atomic mass is 32.2. The lowest BCUT2D eigenvalue weighted by atomic mass is 10.2. The van der Waals surface area contributed by atoms with Crippen LogP contribution in [0, 0.1) is 0 Å². The number of thioether (sulfide) groups is 1. The Bertz CT molecular complexity index is 54.9. The first-order chi connectivity index (χ1) is 3.79. The first kappa shape index (κ1) is 6.81. The van der Waals surface area contributed by atoms with Crippen molar-refractivity contribution in [3.05, 3.63) is 0 Å². The van der Waals surface area contributed by atoms with Gasteiger partial charge in [0.1, 0.15) is 0 Å². The van der Waals surface area contributed by atoms with Gasteiger partial charge >= 0.3 is 0 Å². The maximum Gasteiger partial charge on any atom is 0.0108 e. The van der Waals surface area contributed by atoms with E-state index >= 15 is 0 Å². The van der Waals surface area contributed by atoms with Crippen LogP contribution in [0.2, 0.25) is 0 Å². The second kappa shape index (κ2) is 3.02. The molecule has 0 N–H and O–H groups in total. The standard InChI is InChI=1S/C6H12S2/c1-5-2-3-6(7)4-8-5/h5-7H,2-4H2,1H3. The van der Waals surface area contributed by atoms with Crippen molar-refractivity contribution in [2.75, 3.05) is 5.75 Å². The summed E-state index contributed by atoms with van der Waals surface area (Å²) in [5.41, 5.74) is 0. The van der Waals surface area contributed by atoms with Crippen LogP contribution in [-0.2, 0) is 0 Å². The van der Waals surface area contributed by atoms with Gasteiger partial charge < -0.3 is 0 Å². The van der Waals surface area contributed by atoms with Gasteiger partial charge in [-0.15, -0.1) is 0 Å². The van der Waals surface area contributed by atoms with Crippen molar-refractivity contribution in [2.24, 2.45) is 0 Å². The molecule has 0 aliphatic carbocycles. The van der Waals surface area contributed by atoms with Gasteiger partial charge in [-0.1, -0.05) is 6.92 Å². The molecule has 2 unspecified atom stereocenters. The van der Waals surface area contributed by atoms with Gasteiger partial charge in [-0.25, -0.2) is 0 Å². The predicted octanol–water partition coefficient (Wildman–Crippen LogP) is 2.20. The summed E-state index contributed by atoms with van der Waals surface area (Å²) in [7, 11) is 0. The molecule has 48 valence electrons. The molecule has 8 heavy (non-hydrogen) atoms. The van der Waals surface area contributed by atoms with E-state index in [1.807, 2.05) is 11.8 Å². The molecule has 0 radical (unpaired) electrons. The Morgan fingerprint density at radius 2 is 2.25 bits per heavy atom. The zero-order valence-electron chi connectivity index (χ0n) is 5.13. The Morgan fingerprint density at radius 3 is 2.62 bits per heavy atom. The van der Waals surface area contributed by atoms with Crippen molar-refractivity contribution in [2.45, 2.75) is 30.3 Å². The van der Waals surface area contributed by atoms with Crippen LogP contribution >= 0.6 is 24.4 Å². The summed E-state index contributed by atoms with van der Waals surface area (Å²) in [6, 6.07) is 0. The maximum absolute atomic E-state index is 4.38. The molecule has 0 saturated carbocycles. The maximum atomic E-state index is 4.38. The van der Waals surface area contributed by atoms with Crippen LogP contribution < -0.4 is 0 Å². The van der Waals surface area contributed by atoms with Gasteiger partial charge in [0.25, 0.3) is 0 Å². The van der Waals surface area contributed by atoms with Gasteiger partial charge in [0.05, 0.1) is 0 Å². The van der Waals surface area contributed by atoms with Crippen LogP contribution in [0.15, 0.2) is 0 Å². The molecule has 0 aromatic heterocycles. The van der Waals surface area contributed by atoms with Crippen molar-refractivity contribution < 1.29 is 0 Å². The minimum atomic E-state index is 0.677. The topological polar surface area (TPSA) is 0 Å². The molecular formula is C6H12S2. The summed E-state index contributed by atoms with van der Waals surface area (Å²) in [6.07, 6.45) is 2.68. The lowest BCUT2D eigenvalue weighted by Gasteiger charge is -2.21. The van der Waals surface area contributed by atoms with Gasteiger partial charge in [-0.2, -0.15) is 24.4 Å². The van der Waals surface area contributed by atoms with E-state index in [0.29, 0.717) is 5.25 Å². The summed E-state index contributed by atoms with van der Waals surface area (Å²) in [5, 5.41) is 1.56. The Hall–Kier alpha value is 0.700. The van der Waals surface area contributed by atoms with E-state index in [0.717, 1.165) is 5.25 Å². The summed E-state index contributed by atoms with van der Waals surface area (Å²) in [4.78, 5) is 0. The zero-order chi connectivity index (χ0) is 5.98. The van der Waals surface area contributed by atoms with E-state index < -0.39 is 0 Å². The Balaban J connectivity index is 2.19. The largest absolute Gasteiger partial charge is 0.175 e. The van der Waals surface area contributed by atoms with Crippen molar-refractivity contribution in [3.63, 3.8) is 0 Å². The Labute approximate surface area is 60.8 Å².